The zero-order valence-electron chi connectivity index (χ0n) is 18.3. The van der Waals surface area contributed by atoms with Crippen molar-refractivity contribution in [1.82, 2.24) is 4.90 Å². The summed E-state index contributed by atoms with van der Waals surface area (Å²) in [6, 6.07) is 8.65. The average Bonchev–Trinajstić information content (AvgIpc) is 3.07. The molecule has 1 aromatic rings. The van der Waals surface area contributed by atoms with E-state index < -0.39 is 0 Å². The molecule has 152 valence electrons. The number of hydrogen-bond acceptors (Lipinski definition) is 3. The van der Waals surface area contributed by atoms with Crippen molar-refractivity contribution in [3.63, 3.8) is 0 Å². The Kier molecular flexibility index (Phi) is 9.63. The lowest BCUT2D eigenvalue weighted by atomic mass is 10.1. The normalized spacial score (nSPS) is 15.0. The number of likely N-dealkylation sites (N-methyl/N-ethyl adjacent to an activating group) is 1. The van der Waals surface area contributed by atoms with Gasteiger partial charge in [0.25, 0.3) is 0 Å². The van der Waals surface area contributed by atoms with Crippen molar-refractivity contribution in [2.24, 2.45) is 4.99 Å². The van der Waals surface area contributed by atoms with Gasteiger partial charge < -0.3 is 4.90 Å². The molecule has 0 bridgehead atoms. The molecule has 0 radical (unpaired) electrons. The van der Waals surface area contributed by atoms with Crippen molar-refractivity contribution >= 4 is 17.6 Å². The largest absolute Gasteiger partial charge is 0.358 e. The first-order chi connectivity index (χ1) is 13.5. The van der Waals surface area contributed by atoms with Gasteiger partial charge in [-0.2, -0.15) is 0 Å². The molecular weight excluding hydrogens is 360 g/mol. The third-order valence-electron chi connectivity index (χ3n) is 4.98. The summed E-state index contributed by atoms with van der Waals surface area (Å²) in [6.45, 7) is 10.8. The van der Waals surface area contributed by atoms with Gasteiger partial charge >= 0.3 is 0 Å². The lowest BCUT2D eigenvalue weighted by molar-refractivity contribution is 0.556. The average molecular weight is 397 g/mol. The van der Waals surface area contributed by atoms with Crippen LogP contribution in [-0.2, 0) is 0 Å². The fourth-order valence-corrected chi connectivity index (χ4v) is 4.25. The quantitative estimate of drug-likeness (QED) is 0.316. The first kappa shape index (κ1) is 22.5. The second-order valence-electron chi connectivity index (χ2n) is 7.89. The molecule has 0 atom stereocenters. The number of aliphatic imine (C=N–C) groups is 1. The Morgan fingerprint density at radius 2 is 1.68 bits per heavy atom. The first-order valence-corrected chi connectivity index (χ1v) is 11.4. The van der Waals surface area contributed by atoms with Gasteiger partial charge in [-0.15, -0.1) is 11.8 Å². The number of thioether (sulfide) groups is 1. The molecule has 0 unspecified atom stereocenters. The van der Waals surface area contributed by atoms with E-state index in [2.05, 4.69) is 87.1 Å². The molecule has 0 amide bonds. The number of hydrogen-bond donors (Lipinski definition) is 0. The fourth-order valence-electron chi connectivity index (χ4n) is 3.21. The van der Waals surface area contributed by atoms with Crippen LogP contribution in [-0.4, -0.2) is 36.6 Å². The van der Waals surface area contributed by atoms with Gasteiger partial charge in [0.05, 0.1) is 6.54 Å². The minimum atomic E-state index is 0.908. The standard InChI is InChI=1S/C25H36N2S/c1-20(2)10-8-11-21(3)12-9-13-22(4)16-19-28-24-15-7-6-14-23(24)25-26-17-18-27(25)5/h6-7,10,12,14-16H,8-9,11,13,17-19H2,1-5H3/b21-12+,22-16+. The molecule has 2 nitrogen and oxygen atoms in total. The molecule has 1 aliphatic rings. The van der Waals surface area contributed by atoms with Crippen LogP contribution in [0.3, 0.4) is 0 Å². The highest BCUT2D eigenvalue weighted by Gasteiger charge is 2.17. The Morgan fingerprint density at radius 3 is 2.36 bits per heavy atom. The van der Waals surface area contributed by atoms with Crippen LogP contribution in [0.4, 0.5) is 0 Å². The van der Waals surface area contributed by atoms with Crippen molar-refractivity contribution < 1.29 is 0 Å². The van der Waals surface area contributed by atoms with E-state index >= 15 is 0 Å². The zero-order valence-corrected chi connectivity index (χ0v) is 19.1. The summed E-state index contributed by atoms with van der Waals surface area (Å²) in [6.07, 6.45) is 11.8. The number of amidine groups is 1. The van der Waals surface area contributed by atoms with Gasteiger partial charge in [-0.3, -0.25) is 4.99 Å². The molecule has 0 saturated carbocycles. The molecular formula is C25H36N2S. The second-order valence-corrected chi connectivity index (χ2v) is 8.96. The molecule has 0 N–H and O–H groups in total. The highest BCUT2D eigenvalue weighted by atomic mass is 32.2. The van der Waals surface area contributed by atoms with E-state index in [-0.39, 0.29) is 0 Å². The van der Waals surface area contributed by atoms with Crippen LogP contribution < -0.4 is 0 Å². The van der Waals surface area contributed by atoms with Gasteiger partial charge in [-0.05, 0) is 59.4 Å². The third kappa shape index (κ3) is 7.71. The highest BCUT2D eigenvalue weighted by Crippen LogP contribution is 2.26. The lowest BCUT2D eigenvalue weighted by Crippen LogP contribution is -2.23. The number of rotatable bonds is 10. The summed E-state index contributed by atoms with van der Waals surface area (Å²) in [5, 5.41) is 0. The highest BCUT2D eigenvalue weighted by molar-refractivity contribution is 7.99. The van der Waals surface area contributed by atoms with E-state index in [4.69, 9.17) is 0 Å². The molecule has 28 heavy (non-hydrogen) atoms. The summed E-state index contributed by atoms with van der Waals surface area (Å²) >= 11 is 1.91. The van der Waals surface area contributed by atoms with Gasteiger partial charge in [0.15, 0.2) is 0 Å². The van der Waals surface area contributed by atoms with Crippen molar-refractivity contribution in [1.29, 1.82) is 0 Å². The Bertz CT molecular complexity index is 752. The van der Waals surface area contributed by atoms with Crippen molar-refractivity contribution in [2.45, 2.75) is 58.3 Å². The van der Waals surface area contributed by atoms with Crippen LogP contribution >= 0.6 is 11.8 Å². The zero-order chi connectivity index (χ0) is 20.4. The number of benzene rings is 1. The van der Waals surface area contributed by atoms with Gasteiger partial charge in [0.2, 0.25) is 0 Å². The predicted octanol–water partition coefficient (Wildman–Crippen LogP) is 6.89. The van der Waals surface area contributed by atoms with Crippen LogP contribution in [0, 0.1) is 0 Å². The summed E-state index contributed by atoms with van der Waals surface area (Å²) in [7, 11) is 2.13. The van der Waals surface area contributed by atoms with Crippen LogP contribution in [0.5, 0.6) is 0 Å². The first-order valence-electron chi connectivity index (χ1n) is 10.4. The monoisotopic (exact) mass is 396 g/mol. The Hall–Kier alpha value is -1.74. The summed E-state index contributed by atoms with van der Waals surface area (Å²) in [5.74, 6) is 2.15. The Labute approximate surface area is 176 Å². The molecule has 0 aromatic heterocycles. The fraction of sp³-hybridized carbons (Fsp3) is 0.480. The van der Waals surface area contributed by atoms with E-state index in [0.29, 0.717) is 0 Å². The lowest BCUT2D eigenvalue weighted by Gasteiger charge is -2.16. The van der Waals surface area contributed by atoms with Gasteiger partial charge in [-0.1, -0.05) is 53.1 Å². The smallest absolute Gasteiger partial charge is 0.131 e. The van der Waals surface area contributed by atoms with Crippen molar-refractivity contribution in [3.8, 4) is 0 Å². The maximum atomic E-state index is 4.68. The maximum Gasteiger partial charge on any atom is 0.131 e. The molecule has 0 fully saturated rings. The molecule has 0 saturated heterocycles. The second kappa shape index (κ2) is 12.0. The van der Waals surface area contributed by atoms with Crippen LogP contribution in [0.25, 0.3) is 0 Å². The van der Waals surface area contributed by atoms with Gasteiger partial charge in [0.1, 0.15) is 5.84 Å². The minimum absolute atomic E-state index is 0.908. The molecule has 2 rings (SSSR count). The van der Waals surface area contributed by atoms with Gasteiger partial charge in [-0.25, -0.2) is 0 Å². The Balaban J connectivity index is 1.81. The third-order valence-corrected chi connectivity index (χ3v) is 5.98. The van der Waals surface area contributed by atoms with Crippen LogP contribution in [0.15, 0.2) is 69.1 Å². The minimum Gasteiger partial charge on any atom is -0.358 e. The molecule has 0 spiro atoms. The molecule has 1 heterocycles. The van der Waals surface area contributed by atoms with Crippen molar-refractivity contribution in [3.05, 3.63) is 64.8 Å². The number of nitrogens with zero attached hydrogens (tertiary/aromatic N) is 2. The predicted molar refractivity (Wildman–Crippen MR) is 127 cm³/mol. The molecule has 1 aromatic carbocycles. The molecule has 0 aliphatic carbocycles. The van der Waals surface area contributed by atoms with E-state index in [1.165, 1.54) is 33.6 Å². The summed E-state index contributed by atoms with van der Waals surface area (Å²) in [5.41, 5.74) is 5.68. The van der Waals surface area contributed by atoms with Crippen LogP contribution in [0.2, 0.25) is 0 Å². The SMILES string of the molecule is CC(C)=CCC/C(C)=C/CC/C(C)=C/CSc1ccccc1C1=NCCN1C. The maximum absolute atomic E-state index is 4.68. The topological polar surface area (TPSA) is 15.6 Å². The van der Waals surface area contributed by atoms with Crippen LogP contribution in [0.1, 0.15) is 58.9 Å². The van der Waals surface area contributed by atoms with E-state index in [0.717, 1.165) is 43.9 Å². The molecule has 1 aliphatic heterocycles. The molecule has 3 heteroatoms. The van der Waals surface area contributed by atoms with Gasteiger partial charge in [0, 0.05) is 29.8 Å². The number of allylic oxidation sites excluding steroid dienone is 5. The van der Waals surface area contributed by atoms with E-state index in [1.54, 1.807) is 0 Å². The summed E-state index contributed by atoms with van der Waals surface area (Å²) in [4.78, 5) is 8.27. The summed E-state index contributed by atoms with van der Waals surface area (Å²) < 4.78 is 0. The van der Waals surface area contributed by atoms with E-state index in [9.17, 15) is 0 Å². The van der Waals surface area contributed by atoms with E-state index in [1.807, 2.05) is 11.8 Å². The van der Waals surface area contributed by atoms with Crippen molar-refractivity contribution in [2.75, 3.05) is 25.9 Å². The Morgan fingerprint density at radius 1 is 1.00 bits per heavy atom.